The van der Waals surface area contributed by atoms with Crippen LogP contribution in [0.5, 0.6) is 0 Å². The Labute approximate surface area is 178 Å². The van der Waals surface area contributed by atoms with Crippen LogP contribution in [0.4, 0.5) is 0 Å². The average molecular weight is 432 g/mol. The van der Waals surface area contributed by atoms with Crippen molar-refractivity contribution in [2.45, 2.75) is 45.4 Å². The number of amides is 1. The predicted molar refractivity (Wildman–Crippen MR) is 116 cm³/mol. The second kappa shape index (κ2) is 8.73. The number of nitrogens with one attached hydrogen (secondary N) is 1. The van der Waals surface area contributed by atoms with Crippen molar-refractivity contribution in [2.24, 2.45) is 5.92 Å². The molecule has 1 aliphatic heterocycles. The van der Waals surface area contributed by atoms with Gasteiger partial charge >= 0.3 is 0 Å². The number of aryl methyl sites for hydroxylation is 4. The molecule has 0 saturated carbocycles. The topological polar surface area (TPSA) is 92.5 Å². The van der Waals surface area contributed by atoms with Crippen molar-refractivity contribution >= 4 is 28.1 Å². The van der Waals surface area contributed by atoms with Crippen molar-refractivity contribution < 1.29 is 17.7 Å². The van der Waals surface area contributed by atoms with Crippen LogP contribution in [-0.4, -0.2) is 43.9 Å². The van der Waals surface area contributed by atoms with Crippen LogP contribution in [0.15, 0.2) is 21.6 Å². The smallest absolute Gasteiger partial charge is 0.248 e. The van der Waals surface area contributed by atoms with E-state index in [4.69, 9.17) is 4.52 Å². The van der Waals surface area contributed by atoms with Crippen LogP contribution in [0.2, 0.25) is 0 Å². The lowest BCUT2D eigenvalue weighted by molar-refractivity contribution is -0.125. The van der Waals surface area contributed by atoms with Gasteiger partial charge in [0.15, 0.2) is 10.7 Å². The monoisotopic (exact) mass is 431 g/mol. The molecular formula is C22H29N3O4S. The maximum absolute atomic E-state index is 13.4. The number of piperidine rings is 1. The molecule has 7 nitrogen and oxygen atoms in total. The molecule has 0 radical (unpaired) electrons. The van der Waals surface area contributed by atoms with Crippen molar-refractivity contribution in [1.82, 2.24) is 14.8 Å². The van der Waals surface area contributed by atoms with Gasteiger partial charge in [0.25, 0.3) is 0 Å². The second-order valence-corrected chi connectivity index (χ2v) is 9.80. The van der Waals surface area contributed by atoms with Crippen LogP contribution < -0.4 is 5.32 Å². The van der Waals surface area contributed by atoms with E-state index in [1.807, 2.05) is 26.8 Å². The summed E-state index contributed by atoms with van der Waals surface area (Å²) in [6.45, 7) is 8.25. The van der Waals surface area contributed by atoms with E-state index in [-0.39, 0.29) is 29.0 Å². The van der Waals surface area contributed by atoms with E-state index in [2.05, 4.69) is 22.6 Å². The SMILES string of the molecule is CNC(=O)C1CCCN(S(=O)(=O)c2c(C)noc2C=Cc2c(C)cc(C)cc2C)C1. The van der Waals surface area contributed by atoms with Gasteiger partial charge in [-0.2, -0.15) is 4.31 Å². The van der Waals surface area contributed by atoms with Crippen LogP contribution in [0.25, 0.3) is 12.2 Å². The molecule has 1 atom stereocenters. The molecule has 3 rings (SSSR count). The zero-order valence-corrected chi connectivity index (χ0v) is 19.0. The Bertz CT molecular complexity index is 1060. The summed E-state index contributed by atoms with van der Waals surface area (Å²) in [4.78, 5) is 12.1. The number of aromatic nitrogens is 1. The molecule has 1 saturated heterocycles. The number of benzene rings is 1. The number of rotatable bonds is 5. The first kappa shape index (κ1) is 22.2. The Morgan fingerprint density at radius 2 is 1.87 bits per heavy atom. The van der Waals surface area contributed by atoms with Gasteiger partial charge in [-0.05, 0) is 63.3 Å². The summed E-state index contributed by atoms with van der Waals surface area (Å²) in [5.74, 6) is -0.285. The molecule has 162 valence electrons. The lowest BCUT2D eigenvalue weighted by Crippen LogP contribution is -2.44. The van der Waals surface area contributed by atoms with Crippen molar-refractivity contribution in [3.63, 3.8) is 0 Å². The minimum atomic E-state index is -3.84. The quantitative estimate of drug-likeness (QED) is 0.785. The first-order valence-corrected chi connectivity index (χ1v) is 11.5. The van der Waals surface area contributed by atoms with E-state index in [9.17, 15) is 13.2 Å². The molecule has 1 aliphatic rings. The fraction of sp³-hybridized carbons (Fsp3) is 0.455. The Morgan fingerprint density at radius 1 is 1.20 bits per heavy atom. The lowest BCUT2D eigenvalue weighted by atomic mass is 9.99. The maximum Gasteiger partial charge on any atom is 0.248 e. The van der Waals surface area contributed by atoms with Crippen LogP contribution >= 0.6 is 0 Å². The molecular weight excluding hydrogens is 402 g/mol. The highest BCUT2D eigenvalue weighted by Gasteiger charge is 2.36. The largest absolute Gasteiger partial charge is 0.359 e. The third-order valence-corrected chi connectivity index (χ3v) is 7.60. The highest BCUT2D eigenvalue weighted by atomic mass is 32.2. The summed E-state index contributed by atoms with van der Waals surface area (Å²) in [6.07, 6.45) is 4.84. The van der Waals surface area contributed by atoms with Crippen molar-refractivity contribution in [1.29, 1.82) is 0 Å². The Balaban J connectivity index is 1.95. The van der Waals surface area contributed by atoms with Crippen molar-refractivity contribution in [3.8, 4) is 0 Å². The van der Waals surface area contributed by atoms with Gasteiger partial charge in [0.05, 0.1) is 5.92 Å². The van der Waals surface area contributed by atoms with Gasteiger partial charge in [0.2, 0.25) is 15.9 Å². The summed E-state index contributed by atoms with van der Waals surface area (Å²) < 4.78 is 33.5. The normalized spacial score (nSPS) is 18.1. The van der Waals surface area contributed by atoms with E-state index in [1.54, 1.807) is 20.0 Å². The molecule has 0 bridgehead atoms. The summed E-state index contributed by atoms with van der Waals surface area (Å²) in [7, 11) is -2.27. The van der Waals surface area contributed by atoms with Crippen LogP contribution in [0.1, 0.15) is 46.5 Å². The molecule has 1 unspecified atom stereocenters. The van der Waals surface area contributed by atoms with Crippen LogP contribution in [0.3, 0.4) is 0 Å². The van der Waals surface area contributed by atoms with Gasteiger partial charge in [-0.1, -0.05) is 28.9 Å². The number of hydrogen-bond donors (Lipinski definition) is 1. The third kappa shape index (κ3) is 4.34. The van der Waals surface area contributed by atoms with Gasteiger partial charge in [0.1, 0.15) is 5.69 Å². The predicted octanol–water partition coefficient (Wildman–Crippen LogP) is 3.23. The fourth-order valence-electron chi connectivity index (χ4n) is 4.12. The van der Waals surface area contributed by atoms with E-state index >= 15 is 0 Å². The Kier molecular flexibility index (Phi) is 6.47. The number of nitrogens with zero attached hydrogens (tertiary/aromatic N) is 2. The summed E-state index contributed by atoms with van der Waals surface area (Å²) >= 11 is 0. The number of hydrogen-bond acceptors (Lipinski definition) is 5. The van der Waals surface area contributed by atoms with E-state index < -0.39 is 10.0 Å². The number of carbonyl (C=O) groups is 1. The molecule has 0 aliphatic carbocycles. The van der Waals surface area contributed by atoms with E-state index in [0.29, 0.717) is 25.1 Å². The molecule has 0 spiro atoms. The van der Waals surface area contributed by atoms with Crippen LogP contribution in [0, 0.1) is 33.6 Å². The van der Waals surface area contributed by atoms with Crippen molar-refractivity contribution in [2.75, 3.05) is 20.1 Å². The standard InChI is InChI=1S/C22H29N3O4S/c1-14-11-15(2)19(16(3)12-14)8-9-20-21(17(4)24-29-20)30(27,28)25-10-6-7-18(13-25)22(26)23-5/h8-9,11-12,18H,6-7,10,13H2,1-5H3,(H,23,26). The van der Waals surface area contributed by atoms with E-state index in [0.717, 1.165) is 16.7 Å². The van der Waals surface area contributed by atoms with Crippen molar-refractivity contribution in [3.05, 3.63) is 45.8 Å². The first-order chi connectivity index (χ1) is 14.1. The van der Waals surface area contributed by atoms with Gasteiger partial charge < -0.3 is 9.84 Å². The molecule has 1 amide bonds. The van der Waals surface area contributed by atoms with Gasteiger partial charge in [-0.15, -0.1) is 0 Å². The highest BCUT2D eigenvalue weighted by Crippen LogP contribution is 2.30. The minimum Gasteiger partial charge on any atom is -0.359 e. The second-order valence-electron chi connectivity index (χ2n) is 7.92. The molecule has 30 heavy (non-hydrogen) atoms. The van der Waals surface area contributed by atoms with Gasteiger partial charge in [-0.25, -0.2) is 8.42 Å². The van der Waals surface area contributed by atoms with Gasteiger partial charge in [-0.3, -0.25) is 4.79 Å². The molecule has 1 aromatic heterocycles. The third-order valence-electron chi connectivity index (χ3n) is 5.57. The van der Waals surface area contributed by atoms with E-state index in [1.165, 1.54) is 9.87 Å². The molecule has 1 N–H and O–H groups in total. The summed E-state index contributed by atoms with van der Waals surface area (Å²) in [5.41, 5.74) is 4.73. The molecule has 2 heterocycles. The minimum absolute atomic E-state index is 0.0683. The Hall–Kier alpha value is -2.45. The number of carbonyl (C=O) groups excluding carboxylic acids is 1. The first-order valence-electron chi connectivity index (χ1n) is 10.1. The van der Waals surface area contributed by atoms with Crippen LogP contribution in [-0.2, 0) is 14.8 Å². The Morgan fingerprint density at radius 3 is 2.50 bits per heavy atom. The molecule has 1 fully saturated rings. The molecule has 2 aromatic rings. The number of sulfonamides is 1. The zero-order valence-electron chi connectivity index (χ0n) is 18.2. The summed E-state index contributed by atoms with van der Waals surface area (Å²) in [6, 6.07) is 4.17. The lowest BCUT2D eigenvalue weighted by Gasteiger charge is -2.30. The fourth-order valence-corrected chi connectivity index (χ4v) is 5.89. The van der Waals surface area contributed by atoms with Gasteiger partial charge in [0, 0.05) is 20.1 Å². The molecule has 1 aromatic carbocycles. The average Bonchev–Trinajstić information content (AvgIpc) is 3.07. The summed E-state index contributed by atoms with van der Waals surface area (Å²) in [5, 5.41) is 6.52. The molecule has 8 heteroatoms. The zero-order chi connectivity index (χ0) is 22.1. The maximum atomic E-state index is 13.4. The highest BCUT2D eigenvalue weighted by molar-refractivity contribution is 7.89.